The average Bonchev–Trinajstić information content (AvgIpc) is 2.92. The molecule has 4 aliphatic rings. The molecule has 1 aliphatic heterocycles. The normalized spacial score (nSPS) is 29.2. The number of aliphatic carboxylic acids is 1. The Morgan fingerprint density at radius 1 is 0.846 bits per heavy atom. The zero-order chi connectivity index (χ0) is 18.2. The summed E-state index contributed by atoms with van der Waals surface area (Å²) in [5.74, 6) is -3.28. The zero-order valence-electron chi connectivity index (χ0n) is 14.1. The molecule has 6 rings (SSSR count). The van der Waals surface area contributed by atoms with Crippen LogP contribution in [-0.2, 0) is 14.4 Å². The van der Waals surface area contributed by atoms with Gasteiger partial charge < -0.3 is 5.11 Å². The average molecular weight is 347 g/mol. The molecule has 3 atom stereocenters. The molecule has 1 fully saturated rings. The summed E-state index contributed by atoms with van der Waals surface area (Å²) in [6.45, 7) is 1.40. The molecule has 0 aromatic heterocycles. The van der Waals surface area contributed by atoms with Crippen molar-refractivity contribution in [1.29, 1.82) is 0 Å². The predicted molar refractivity (Wildman–Crippen MR) is 92.5 cm³/mol. The number of hydrogen-bond donors (Lipinski definition) is 1. The van der Waals surface area contributed by atoms with Gasteiger partial charge in [0.2, 0.25) is 11.8 Å². The van der Waals surface area contributed by atoms with Crippen molar-refractivity contribution in [3.63, 3.8) is 0 Å². The molecule has 2 amide bonds. The number of rotatable bonds is 2. The summed E-state index contributed by atoms with van der Waals surface area (Å²) >= 11 is 0. The molecule has 5 nitrogen and oxygen atoms in total. The zero-order valence-corrected chi connectivity index (χ0v) is 14.1. The number of carbonyl (C=O) groups excluding carboxylic acids is 2. The first-order valence-electron chi connectivity index (χ1n) is 8.79. The number of imide groups is 1. The highest BCUT2D eigenvalue weighted by molar-refractivity contribution is 6.09. The highest BCUT2D eigenvalue weighted by Crippen LogP contribution is 2.61. The standard InChI is InChI=1S/C21H17NO4/c1-10(21(25)26)22-19(23)17-15-11-6-2-3-7-12(11)16(18(17)20(22)24)14-9-5-4-8-13(14)15/h2-10,15-18H,1H3,(H,25,26)/t10-,15?,16?,17+,18+/m1/s1. The number of carboxylic acids is 1. The maximum absolute atomic E-state index is 13.1. The van der Waals surface area contributed by atoms with Gasteiger partial charge in [-0.25, -0.2) is 4.79 Å². The van der Waals surface area contributed by atoms with Crippen LogP contribution in [0.5, 0.6) is 0 Å². The summed E-state index contributed by atoms with van der Waals surface area (Å²) in [5, 5.41) is 9.36. The fourth-order valence-electron chi connectivity index (χ4n) is 5.19. The molecule has 2 bridgehead atoms. The smallest absolute Gasteiger partial charge is 0.326 e. The minimum Gasteiger partial charge on any atom is -0.480 e. The lowest BCUT2D eigenvalue weighted by Crippen LogP contribution is -2.43. The predicted octanol–water partition coefficient (Wildman–Crippen LogP) is 2.35. The Hall–Kier alpha value is -2.95. The Morgan fingerprint density at radius 3 is 1.50 bits per heavy atom. The van der Waals surface area contributed by atoms with Crippen LogP contribution in [0.4, 0.5) is 0 Å². The summed E-state index contributed by atoms with van der Waals surface area (Å²) in [6.07, 6.45) is 0. The number of carbonyl (C=O) groups is 3. The van der Waals surface area contributed by atoms with E-state index in [9.17, 15) is 19.5 Å². The lowest BCUT2D eigenvalue weighted by Gasteiger charge is -2.45. The molecule has 0 unspecified atom stereocenters. The second-order valence-electron chi connectivity index (χ2n) is 7.33. The fraction of sp³-hybridized carbons (Fsp3) is 0.286. The van der Waals surface area contributed by atoms with E-state index < -0.39 is 23.8 Å². The Kier molecular flexibility index (Phi) is 2.97. The van der Waals surface area contributed by atoms with Gasteiger partial charge in [0.1, 0.15) is 6.04 Å². The second kappa shape index (κ2) is 5.04. The SMILES string of the molecule is C[C@H](C(=O)O)N1C(=O)[C@H]2C3c4ccccc4C(c4ccccc43)[C@@H]2C1=O. The topological polar surface area (TPSA) is 74.7 Å². The first-order valence-corrected chi connectivity index (χ1v) is 8.79. The van der Waals surface area contributed by atoms with Gasteiger partial charge in [0.15, 0.2) is 0 Å². The van der Waals surface area contributed by atoms with Crippen LogP contribution in [0.1, 0.15) is 41.0 Å². The van der Waals surface area contributed by atoms with Crippen LogP contribution >= 0.6 is 0 Å². The number of likely N-dealkylation sites (tertiary alicyclic amines) is 1. The highest BCUT2D eigenvalue weighted by atomic mass is 16.4. The summed E-state index contributed by atoms with van der Waals surface area (Å²) in [7, 11) is 0. The second-order valence-corrected chi connectivity index (χ2v) is 7.33. The van der Waals surface area contributed by atoms with Crippen LogP contribution in [0, 0.1) is 11.8 Å². The van der Waals surface area contributed by atoms with Gasteiger partial charge in [0.05, 0.1) is 11.8 Å². The van der Waals surface area contributed by atoms with Crippen LogP contribution in [-0.4, -0.2) is 33.8 Å². The first kappa shape index (κ1) is 15.3. The van der Waals surface area contributed by atoms with Crippen LogP contribution in [0.15, 0.2) is 48.5 Å². The molecule has 1 N–H and O–H groups in total. The summed E-state index contributed by atoms with van der Waals surface area (Å²) in [4.78, 5) is 38.7. The molecule has 1 heterocycles. The van der Waals surface area contributed by atoms with E-state index >= 15 is 0 Å². The van der Waals surface area contributed by atoms with Gasteiger partial charge in [0, 0.05) is 11.8 Å². The van der Waals surface area contributed by atoms with Gasteiger partial charge in [-0.15, -0.1) is 0 Å². The van der Waals surface area contributed by atoms with E-state index in [0.29, 0.717) is 0 Å². The van der Waals surface area contributed by atoms with Crippen molar-refractivity contribution in [3.05, 3.63) is 70.8 Å². The number of carboxylic acid groups (broad SMARTS) is 1. The largest absolute Gasteiger partial charge is 0.480 e. The quantitative estimate of drug-likeness (QED) is 0.846. The molecule has 26 heavy (non-hydrogen) atoms. The molecule has 2 aromatic rings. The van der Waals surface area contributed by atoms with E-state index in [2.05, 4.69) is 0 Å². The molecule has 0 spiro atoms. The van der Waals surface area contributed by atoms with Crippen molar-refractivity contribution >= 4 is 17.8 Å². The Morgan fingerprint density at radius 2 is 1.19 bits per heavy atom. The van der Waals surface area contributed by atoms with Crippen molar-refractivity contribution in [3.8, 4) is 0 Å². The van der Waals surface area contributed by atoms with Crippen LogP contribution in [0.2, 0.25) is 0 Å². The van der Waals surface area contributed by atoms with Gasteiger partial charge in [-0.2, -0.15) is 0 Å². The molecule has 2 aromatic carbocycles. The minimum absolute atomic E-state index is 0.195. The molecule has 0 radical (unpaired) electrons. The van der Waals surface area contributed by atoms with Gasteiger partial charge >= 0.3 is 5.97 Å². The van der Waals surface area contributed by atoms with E-state index in [1.165, 1.54) is 6.92 Å². The molecule has 3 aliphatic carbocycles. The molecular formula is C21H17NO4. The van der Waals surface area contributed by atoms with Gasteiger partial charge in [-0.05, 0) is 29.2 Å². The molecule has 5 heteroatoms. The van der Waals surface area contributed by atoms with Crippen molar-refractivity contribution in [2.45, 2.75) is 24.8 Å². The van der Waals surface area contributed by atoms with E-state index in [1.807, 2.05) is 48.5 Å². The van der Waals surface area contributed by atoms with E-state index in [0.717, 1.165) is 27.2 Å². The first-order chi connectivity index (χ1) is 12.5. The van der Waals surface area contributed by atoms with Crippen molar-refractivity contribution in [2.75, 3.05) is 0 Å². The van der Waals surface area contributed by atoms with E-state index in [4.69, 9.17) is 0 Å². The van der Waals surface area contributed by atoms with Crippen molar-refractivity contribution in [1.82, 2.24) is 4.90 Å². The third kappa shape index (κ3) is 1.68. The summed E-state index contributed by atoms with van der Waals surface area (Å²) in [5.41, 5.74) is 4.35. The summed E-state index contributed by atoms with van der Waals surface area (Å²) in [6, 6.07) is 14.8. The number of hydrogen-bond acceptors (Lipinski definition) is 3. The maximum atomic E-state index is 13.1. The molecular weight excluding hydrogens is 330 g/mol. The Balaban J connectivity index is 1.74. The number of amides is 2. The van der Waals surface area contributed by atoms with Crippen LogP contribution < -0.4 is 0 Å². The lowest BCUT2D eigenvalue weighted by atomic mass is 9.55. The monoisotopic (exact) mass is 347 g/mol. The van der Waals surface area contributed by atoms with Crippen molar-refractivity contribution < 1.29 is 19.5 Å². The lowest BCUT2D eigenvalue weighted by molar-refractivity contribution is -0.154. The highest BCUT2D eigenvalue weighted by Gasteiger charge is 2.62. The van der Waals surface area contributed by atoms with Crippen LogP contribution in [0.25, 0.3) is 0 Å². The number of benzene rings is 2. The maximum Gasteiger partial charge on any atom is 0.326 e. The fourth-order valence-corrected chi connectivity index (χ4v) is 5.19. The third-order valence-corrected chi connectivity index (χ3v) is 6.23. The molecule has 130 valence electrons. The van der Waals surface area contributed by atoms with E-state index in [1.54, 1.807) is 0 Å². The minimum atomic E-state index is -1.16. The van der Waals surface area contributed by atoms with E-state index in [-0.39, 0.29) is 23.7 Å². The summed E-state index contributed by atoms with van der Waals surface area (Å²) < 4.78 is 0. The van der Waals surface area contributed by atoms with Crippen LogP contribution in [0.3, 0.4) is 0 Å². The molecule has 0 saturated carbocycles. The Bertz CT molecular complexity index is 866. The van der Waals surface area contributed by atoms with Gasteiger partial charge in [0.25, 0.3) is 0 Å². The Labute approximate surface area is 150 Å². The van der Waals surface area contributed by atoms with Gasteiger partial charge in [-0.3, -0.25) is 14.5 Å². The van der Waals surface area contributed by atoms with Crippen molar-refractivity contribution in [2.24, 2.45) is 11.8 Å². The molecule has 1 saturated heterocycles. The number of nitrogens with zero attached hydrogens (tertiary/aromatic N) is 1. The third-order valence-electron chi connectivity index (χ3n) is 6.23. The van der Waals surface area contributed by atoms with Gasteiger partial charge in [-0.1, -0.05) is 48.5 Å².